The van der Waals surface area contributed by atoms with Gasteiger partial charge in [0.25, 0.3) is 0 Å². The summed E-state index contributed by atoms with van der Waals surface area (Å²) in [6.07, 6.45) is 0.576. The molecule has 0 spiro atoms. The first-order chi connectivity index (χ1) is 11.4. The number of hydrogen-bond acceptors (Lipinski definition) is 3. The normalized spacial score (nSPS) is 11.2. The third kappa shape index (κ3) is 3.29. The number of rotatable bonds is 5. The molecule has 2 heterocycles. The lowest BCUT2D eigenvalue weighted by atomic mass is 10.1. The summed E-state index contributed by atoms with van der Waals surface area (Å²) in [5.41, 5.74) is 2.55. The highest BCUT2D eigenvalue weighted by molar-refractivity contribution is 5.85. The smallest absolute Gasteiger partial charge is 0.227 e. The number of H-pyrrole nitrogens is 1. The van der Waals surface area contributed by atoms with E-state index in [1.807, 2.05) is 0 Å². The van der Waals surface area contributed by atoms with Crippen molar-refractivity contribution in [2.24, 2.45) is 0 Å². The molecule has 0 radical (unpaired) electrons. The van der Waals surface area contributed by atoms with Crippen LogP contribution in [0.1, 0.15) is 22.7 Å². The number of aromatic amines is 1. The fraction of sp³-hybridized carbons (Fsp3) is 0.294. The fourth-order valence-corrected chi connectivity index (χ4v) is 2.77. The van der Waals surface area contributed by atoms with Crippen molar-refractivity contribution in [3.8, 4) is 0 Å². The zero-order valence-electron chi connectivity index (χ0n) is 13.4. The Morgan fingerprint density at radius 2 is 2.08 bits per heavy atom. The second-order valence-electron chi connectivity index (χ2n) is 5.75. The van der Waals surface area contributed by atoms with Crippen LogP contribution in [0.15, 0.2) is 22.7 Å². The molecular weight excluding hydrogens is 316 g/mol. The minimum Gasteiger partial charge on any atom is -0.361 e. The molecule has 0 fully saturated rings. The Labute approximate surface area is 137 Å². The number of carbonyl (C=O) groups excluding carboxylic acids is 1. The van der Waals surface area contributed by atoms with Crippen LogP contribution >= 0.6 is 0 Å². The van der Waals surface area contributed by atoms with E-state index in [9.17, 15) is 13.6 Å². The Balaban J connectivity index is 1.65. The number of nitrogens with zero attached hydrogens (tertiary/aromatic N) is 1. The van der Waals surface area contributed by atoms with E-state index in [4.69, 9.17) is 4.52 Å². The molecule has 3 rings (SSSR count). The zero-order chi connectivity index (χ0) is 17.3. The maximum absolute atomic E-state index is 13.8. The van der Waals surface area contributed by atoms with Crippen LogP contribution in [0.25, 0.3) is 10.9 Å². The van der Waals surface area contributed by atoms with Crippen molar-refractivity contribution in [1.82, 2.24) is 15.5 Å². The van der Waals surface area contributed by atoms with Crippen molar-refractivity contribution < 1.29 is 18.1 Å². The summed E-state index contributed by atoms with van der Waals surface area (Å²) >= 11 is 0. The van der Waals surface area contributed by atoms with E-state index in [2.05, 4.69) is 15.5 Å². The fourth-order valence-electron chi connectivity index (χ4n) is 2.77. The zero-order valence-corrected chi connectivity index (χ0v) is 13.4. The molecule has 0 saturated heterocycles. The van der Waals surface area contributed by atoms with Crippen LogP contribution < -0.4 is 5.32 Å². The first kappa shape index (κ1) is 16.2. The average Bonchev–Trinajstić information content (AvgIpc) is 3.04. The van der Waals surface area contributed by atoms with Gasteiger partial charge in [0.15, 0.2) is 0 Å². The predicted molar refractivity (Wildman–Crippen MR) is 84.6 cm³/mol. The lowest BCUT2D eigenvalue weighted by molar-refractivity contribution is -0.120. The summed E-state index contributed by atoms with van der Waals surface area (Å²) in [6.45, 7) is 3.94. The van der Waals surface area contributed by atoms with Crippen LogP contribution in [0.3, 0.4) is 0 Å². The second-order valence-corrected chi connectivity index (χ2v) is 5.75. The summed E-state index contributed by atoms with van der Waals surface area (Å²) in [5, 5.41) is 7.00. The number of carbonyl (C=O) groups is 1. The molecule has 0 aliphatic carbocycles. The minimum atomic E-state index is -0.621. The third-order valence-electron chi connectivity index (χ3n) is 3.85. The van der Waals surface area contributed by atoms with Gasteiger partial charge in [-0.2, -0.15) is 0 Å². The number of aromatic nitrogens is 2. The molecule has 0 aliphatic rings. The molecule has 126 valence electrons. The number of fused-ring (bicyclic) bond motifs is 1. The molecule has 1 amide bonds. The monoisotopic (exact) mass is 333 g/mol. The first-order valence-electron chi connectivity index (χ1n) is 7.59. The highest BCUT2D eigenvalue weighted by atomic mass is 19.1. The van der Waals surface area contributed by atoms with Gasteiger partial charge in [-0.05, 0) is 31.9 Å². The largest absolute Gasteiger partial charge is 0.361 e. The van der Waals surface area contributed by atoms with Crippen LogP contribution in [0.5, 0.6) is 0 Å². The van der Waals surface area contributed by atoms with Crippen molar-refractivity contribution in [3.63, 3.8) is 0 Å². The molecule has 7 heteroatoms. The minimum absolute atomic E-state index is 0.108. The maximum atomic E-state index is 13.8. The SMILES string of the molecule is Cc1cc(CC(=O)NCCc2c(C)[nH]c3c(F)cc(F)cc23)on1. The van der Waals surface area contributed by atoms with Gasteiger partial charge in [0, 0.05) is 29.8 Å². The van der Waals surface area contributed by atoms with Gasteiger partial charge in [-0.25, -0.2) is 8.78 Å². The van der Waals surface area contributed by atoms with E-state index >= 15 is 0 Å². The Bertz CT molecular complexity index is 899. The molecule has 3 aromatic rings. The summed E-state index contributed by atoms with van der Waals surface area (Å²) in [5.74, 6) is -0.938. The van der Waals surface area contributed by atoms with E-state index in [-0.39, 0.29) is 17.8 Å². The molecule has 0 atom stereocenters. The molecule has 0 saturated carbocycles. The maximum Gasteiger partial charge on any atom is 0.227 e. The highest BCUT2D eigenvalue weighted by Gasteiger charge is 2.14. The summed E-state index contributed by atoms with van der Waals surface area (Å²) < 4.78 is 32.2. The first-order valence-corrected chi connectivity index (χ1v) is 7.59. The van der Waals surface area contributed by atoms with Crippen LogP contribution in [0, 0.1) is 25.5 Å². The molecule has 5 nitrogen and oxygen atoms in total. The summed E-state index contributed by atoms with van der Waals surface area (Å²) in [4.78, 5) is 14.8. The van der Waals surface area contributed by atoms with Crippen molar-refractivity contribution in [2.75, 3.05) is 6.54 Å². The molecule has 2 N–H and O–H groups in total. The molecular formula is C17H17F2N3O2. The van der Waals surface area contributed by atoms with Gasteiger partial charge in [0.1, 0.15) is 17.4 Å². The van der Waals surface area contributed by atoms with E-state index in [1.54, 1.807) is 19.9 Å². The molecule has 1 aromatic carbocycles. The lowest BCUT2D eigenvalue weighted by Crippen LogP contribution is -2.27. The Hall–Kier alpha value is -2.70. The van der Waals surface area contributed by atoms with Crippen LogP contribution in [-0.4, -0.2) is 22.6 Å². The Morgan fingerprint density at radius 1 is 1.29 bits per heavy atom. The Morgan fingerprint density at radius 3 is 2.79 bits per heavy atom. The van der Waals surface area contributed by atoms with E-state index in [0.717, 1.165) is 23.0 Å². The van der Waals surface area contributed by atoms with Crippen LogP contribution in [0.2, 0.25) is 0 Å². The van der Waals surface area contributed by atoms with Crippen molar-refractivity contribution in [2.45, 2.75) is 26.7 Å². The summed E-state index contributed by atoms with van der Waals surface area (Å²) in [6, 6.07) is 3.86. The highest BCUT2D eigenvalue weighted by Crippen LogP contribution is 2.25. The van der Waals surface area contributed by atoms with Crippen LogP contribution in [-0.2, 0) is 17.6 Å². The molecule has 0 unspecified atom stereocenters. The standard InChI is InChI=1S/C17H17F2N3O2/c1-9-5-12(24-22-9)8-16(23)20-4-3-13-10(2)21-17-14(13)6-11(18)7-15(17)19/h5-7,21H,3-4,8H2,1-2H3,(H,20,23). The third-order valence-corrected chi connectivity index (χ3v) is 3.85. The van der Waals surface area contributed by atoms with Gasteiger partial charge >= 0.3 is 0 Å². The number of hydrogen-bond donors (Lipinski definition) is 2. The van der Waals surface area contributed by atoms with Gasteiger partial charge in [-0.3, -0.25) is 4.79 Å². The number of benzene rings is 1. The van der Waals surface area contributed by atoms with Gasteiger partial charge in [-0.1, -0.05) is 5.16 Å². The average molecular weight is 333 g/mol. The number of nitrogens with one attached hydrogen (secondary N) is 2. The molecule has 2 aromatic heterocycles. The lowest BCUT2D eigenvalue weighted by Gasteiger charge is -2.05. The predicted octanol–water partition coefficient (Wildman–Crippen LogP) is 2.95. The number of amides is 1. The van der Waals surface area contributed by atoms with Gasteiger partial charge < -0.3 is 14.8 Å². The van der Waals surface area contributed by atoms with Crippen molar-refractivity contribution in [1.29, 1.82) is 0 Å². The topological polar surface area (TPSA) is 70.9 Å². The van der Waals surface area contributed by atoms with E-state index in [0.29, 0.717) is 24.1 Å². The number of aryl methyl sites for hydroxylation is 2. The van der Waals surface area contributed by atoms with Crippen molar-refractivity contribution in [3.05, 3.63) is 52.5 Å². The van der Waals surface area contributed by atoms with E-state index < -0.39 is 11.6 Å². The van der Waals surface area contributed by atoms with Gasteiger partial charge in [0.05, 0.1) is 17.6 Å². The van der Waals surface area contributed by atoms with Gasteiger partial charge in [-0.15, -0.1) is 0 Å². The molecule has 0 aliphatic heterocycles. The van der Waals surface area contributed by atoms with Crippen LogP contribution in [0.4, 0.5) is 8.78 Å². The van der Waals surface area contributed by atoms with E-state index in [1.165, 1.54) is 6.07 Å². The van der Waals surface area contributed by atoms with Gasteiger partial charge in [0.2, 0.25) is 5.91 Å². The van der Waals surface area contributed by atoms with Crippen molar-refractivity contribution >= 4 is 16.8 Å². The second kappa shape index (κ2) is 6.43. The Kier molecular flexibility index (Phi) is 4.33. The quantitative estimate of drug-likeness (QED) is 0.754. The number of halogens is 2. The summed E-state index contributed by atoms with van der Waals surface area (Å²) in [7, 11) is 0. The molecule has 24 heavy (non-hydrogen) atoms. The molecule has 0 bridgehead atoms.